The van der Waals surface area contributed by atoms with Gasteiger partial charge >= 0.3 is 18.0 Å². The van der Waals surface area contributed by atoms with Gasteiger partial charge in [-0.25, -0.2) is 14.3 Å². The molecule has 0 aliphatic carbocycles. The molecule has 3 atom stereocenters. The number of nitrogens with one attached hydrogen (secondary N) is 2. The van der Waals surface area contributed by atoms with Gasteiger partial charge in [0.05, 0.1) is 30.3 Å². The highest BCUT2D eigenvalue weighted by Crippen LogP contribution is 2.44. The third-order valence-corrected chi connectivity index (χ3v) is 6.74. The number of hydrogen-bond acceptors (Lipinski definition) is 5. The molecule has 4 rings (SSSR count). The number of ether oxygens (including phenoxy) is 2. The lowest BCUT2D eigenvalue weighted by Gasteiger charge is -2.43. The van der Waals surface area contributed by atoms with Gasteiger partial charge in [0.1, 0.15) is 15.2 Å². The summed E-state index contributed by atoms with van der Waals surface area (Å²) >= 11 is 1.62. The van der Waals surface area contributed by atoms with Crippen LogP contribution in [-0.2, 0) is 32.0 Å². The van der Waals surface area contributed by atoms with E-state index in [1.807, 2.05) is 0 Å². The lowest BCUT2D eigenvalue weighted by molar-refractivity contribution is -0.235. The van der Waals surface area contributed by atoms with Crippen LogP contribution in [0.1, 0.15) is 41.0 Å². The quantitative estimate of drug-likeness (QED) is 0.208. The van der Waals surface area contributed by atoms with Gasteiger partial charge in [-0.05, 0) is 71.0 Å². The van der Waals surface area contributed by atoms with Crippen LogP contribution in [0.15, 0.2) is 47.3 Å². The van der Waals surface area contributed by atoms with Crippen molar-refractivity contribution in [3.63, 3.8) is 0 Å². The highest BCUT2D eigenvalue weighted by molar-refractivity contribution is 14.1. The van der Waals surface area contributed by atoms with E-state index in [0.717, 1.165) is 0 Å². The Labute approximate surface area is 224 Å². The van der Waals surface area contributed by atoms with Gasteiger partial charge in [-0.2, -0.15) is 31.4 Å². The molecule has 3 aromatic rings. The van der Waals surface area contributed by atoms with Crippen molar-refractivity contribution in [3.8, 4) is 0 Å². The van der Waals surface area contributed by atoms with Gasteiger partial charge in [0.2, 0.25) is 0 Å². The summed E-state index contributed by atoms with van der Waals surface area (Å²) in [6.45, 7) is 1.79. The summed E-state index contributed by atoms with van der Waals surface area (Å²) in [4.78, 5) is 15.8. The summed E-state index contributed by atoms with van der Waals surface area (Å²) < 4.78 is 105. The zero-order valence-electron chi connectivity index (χ0n) is 19.5. The number of aromatic amines is 2. The molecule has 2 heterocycles. The zero-order chi connectivity index (χ0) is 27.9. The third kappa shape index (κ3) is 6.55. The molecule has 0 amide bonds. The third-order valence-electron chi connectivity index (χ3n) is 5.87. The van der Waals surface area contributed by atoms with Crippen molar-refractivity contribution in [2.45, 2.75) is 41.8 Å². The molecule has 206 valence electrons. The molecule has 0 saturated carbocycles. The van der Waals surface area contributed by atoms with Crippen LogP contribution in [0.5, 0.6) is 0 Å². The number of aromatic nitrogens is 3. The first kappa shape index (κ1) is 28.5. The average molecular weight is 660 g/mol. The smallest absolute Gasteiger partial charge is 0.349 e. The number of halogens is 8. The first-order valence-corrected chi connectivity index (χ1v) is 12.1. The van der Waals surface area contributed by atoms with Crippen LogP contribution < -0.4 is 5.69 Å². The number of benzene rings is 2. The minimum atomic E-state index is -5.03. The highest BCUT2D eigenvalue weighted by atomic mass is 127. The molecule has 2 N–H and O–H groups in total. The molecule has 1 saturated heterocycles. The lowest BCUT2D eigenvalue weighted by Crippen LogP contribution is -2.48. The number of alkyl halides is 7. The summed E-state index contributed by atoms with van der Waals surface area (Å²) in [5.74, 6) is -0.249. The number of hydrogen-bond donors (Lipinski definition) is 2. The second-order valence-electron chi connectivity index (χ2n) is 8.66. The van der Waals surface area contributed by atoms with Crippen molar-refractivity contribution < 1.29 is 40.2 Å². The first-order valence-electron chi connectivity index (χ1n) is 11.0. The molecule has 1 fully saturated rings. The highest BCUT2D eigenvalue weighted by Gasteiger charge is 2.42. The molecular formula is C23H20F7IN4O3. The fourth-order valence-corrected chi connectivity index (χ4v) is 4.63. The van der Waals surface area contributed by atoms with Crippen LogP contribution in [0.3, 0.4) is 0 Å². The number of rotatable bonds is 6. The maximum Gasteiger partial charge on any atom is 0.416 e. The molecule has 0 bridgehead atoms. The maximum absolute atomic E-state index is 13.6. The van der Waals surface area contributed by atoms with E-state index >= 15 is 0 Å². The predicted molar refractivity (Wildman–Crippen MR) is 127 cm³/mol. The average Bonchev–Trinajstić information content (AvgIpc) is 3.23. The standard InChI is InChI=1S/C23H20F7IN4O3/c1-21(31,13-8-14(22(25,26)27)10-15(9-13)23(28,29)30)38-19-18(12-2-4-16(24)5-3-12)35(6-7-37-19)11-17-32-20(36)34-33-17/h2-5,8-10,18-19H,6-7,11H2,1H3,(H2,32,33,34,36)/t18-,19+,21-/m0/s1. The van der Waals surface area contributed by atoms with E-state index in [1.54, 1.807) is 27.5 Å². The van der Waals surface area contributed by atoms with Crippen LogP contribution in [0, 0.1) is 5.82 Å². The predicted octanol–water partition coefficient (Wildman–Crippen LogP) is 5.50. The maximum atomic E-state index is 13.6. The molecule has 1 aliphatic rings. The van der Waals surface area contributed by atoms with Crippen LogP contribution in [0.4, 0.5) is 30.7 Å². The molecule has 2 aromatic carbocycles. The Morgan fingerprint density at radius 2 is 1.63 bits per heavy atom. The fourth-order valence-electron chi connectivity index (χ4n) is 4.06. The topological polar surface area (TPSA) is 83.2 Å². The Hall–Kier alpha value is -2.50. The SMILES string of the molecule is C[C@](I)(O[C@H]1OCCN(Cc2n[nH]c(=O)[nH]2)[C@H]1c1ccc(F)cc1)c1cc(C(F)(F)F)cc(C(F)(F)F)c1. The summed E-state index contributed by atoms with van der Waals surface area (Å²) in [6, 6.07) is 5.77. The van der Waals surface area contributed by atoms with Crippen LogP contribution in [0.2, 0.25) is 0 Å². The molecule has 38 heavy (non-hydrogen) atoms. The molecule has 15 heteroatoms. The van der Waals surface area contributed by atoms with Crippen molar-refractivity contribution in [2.24, 2.45) is 0 Å². The Morgan fingerprint density at radius 3 is 2.16 bits per heavy atom. The Balaban J connectivity index is 1.71. The van der Waals surface area contributed by atoms with Crippen molar-refractivity contribution in [2.75, 3.05) is 13.2 Å². The number of H-pyrrole nitrogens is 2. The van der Waals surface area contributed by atoms with Crippen molar-refractivity contribution in [3.05, 3.63) is 86.8 Å². The molecule has 7 nitrogen and oxygen atoms in total. The second-order valence-corrected chi connectivity index (χ2v) is 10.7. The minimum absolute atomic E-state index is 0.0427. The van der Waals surface area contributed by atoms with Crippen molar-refractivity contribution in [1.29, 1.82) is 0 Å². The van der Waals surface area contributed by atoms with Gasteiger partial charge in [-0.15, -0.1) is 0 Å². The van der Waals surface area contributed by atoms with Crippen LogP contribution >= 0.6 is 22.6 Å². The van der Waals surface area contributed by atoms with E-state index in [-0.39, 0.29) is 30.6 Å². The van der Waals surface area contributed by atoms with Crippen LogP contribution in [0.25, 0.3) is 0 Å². The summed E-state index contributed by atoms with van der Waals surface area (Å²) in [6.07, 6.45) is -11.3. The minimum Gasteiger partial charge on any atom is -0.349 e. The monoisotopic (exact) mass is 660 g/mol. The number of morpholine rings is 1. The molecule has 1 aliphatic heterocycles. The van der Waals surface area contributed by atoms with Crippen molar-refractivity contribution >= 4 is 22.6 Å². The lowest BCUT2D eigenvalue weighted by atomic mass is 10.0. The van der Waals surface area contributed by atoms with E-state index in [4.69, 9.17) is 9.47 Å². The Morgan fingerprint density at radius 1 is 1.05 bits per heavy atom. The largest absolute Gasteiger partial charge is 0.416 e. The van der Waals surface area contributed by atoms with Gasteiger partial charge in [0, 0.05) is 6.54 Å². The van der Waals surface area contributed by atoms with Gasteiger partial charge in [0.15, 0.2) is 6.29 Å². The van der Waals surface area contributed by atoms with E-state index in [0.29, 0.717) is 24.2 Å². The van der Waals surface area contributed by atoms with Gasteiger partial charge in [-0.3, -0.25) is 9.88 Å². The van der Waals surface area contributed by atoms with E-state index in [2.05, 4.69) is 15.2 Å². The molecule has 0 spiro atoms. The molecular weight excluding hydrogens is 640 g/mol. The van der Waals surface area contributed by atoms with Gasteiger partial charge in [-0.1, -0.05) is 12.1 Å². The molecule has 0 radical (unpaired) electrons. The summed E-state index contributed by atoms with van der Waals surface area (Å²) in [7, 11) is 0. The first-order chi connectivity index (χ1) is 17.6. The van der Waals surface area contributed by atoms with E-state index < -0.39 is 50.9 Å². The van der Waals surface area contributed by atoms with Gasteiger partial charge < -0.3 is 9.47 Å². The Kier molecular flexibility index (Phi) is 7.94. The van der Waals surface area contributed by atoms with Gasteiger partial charge in [0.25, 0.3) is 0 Å². The zero-order valence-corrected chi connectivity index (χ0v) is 21.6. The van der Waals surface area contributed by atoms with Crippen LogP contribution in [-0.4, -0.2) is 39.5 Å². The number of nitrogens with zero attached hydrogens (tertiary/aromatic N) is 2. The second kappa shape index (κ2) is 10.6. The van der Waals surface area contributed by atoms with Crippen molar-refractivity contribution in [1.82, 2.24) is 20.1 Å². The molecule has 0 unspecified atom stereocenters. The summed E-state index contributed by atoms with van der Waals surface area (Å²) in [5.41, 5.74) is -3.36. The van der Waals surface area contributed by atoms with E-state index in [1.165, 1.54) is 31.2 Å². The fraction of sp³-hybridized carbons (Fsp3) is 0.391. The molecule has 1 aromatic heterocycles. The Bertz CT molecular complexity index is 1290. The van der Waals surface area contributed by atoms with E-state index in [9.17, 15) is 35.5 Å². The normalized spacial score (nSPS) is 20.9. The summed E-state index contributed by atoms with van der Waals surface area (Å²) in [5, 5.41) is 6.12.